The summed E-state index contributed by atoms with van der Waals surface area (Å²) >= 11 is 5.79. The van der Waals surface area contributed by atoms with Crippen LogP contribution in [0.4, 0.5) is 13.2 Å². The van der Waals surface area contributed by atoms with Gasteiger partial charge in [-0.1, -0.05) is 18.5 Å². The molecule has 0 spiro atoms. The molecule has 6 nitrogen and oxygen atoms in total. The molecule has 0 aromatic carbocycles. The molecule has 11 heteroatoms. The first-order chi connectivity index (χ1) is 10.2. The zero-order chi connectivity index (χ0) is 16.5. The first-order valence-corrected chi connectivity index (χ1v) is 6.70. The maximum absolute atomic E-state index is 12.8. The third kappa shape index (κ3) is 4.24. The second-order valence-electron chi connectivity index (χ2n) is 4.74. The highest BCUT2D eigenvalue weighted by atomic mass is 35.5. The molecule has 0 saturated heterocycles. The molecular formula is C12H14Cl2F3N5O. The number of aromatic nitrogens is 3. The van der Waals surface area contributed by atoms with Crippen LogP contribution in [0.5, 0.6) is 0 Å². The third-order valence-corrected chi connectivity index (χ3v) is 3.36. The maximum Gasteiger partial charge on any atom is 0.417 e. The number of carbonyl (C=O) groups excluding carboxylic acids is 1. The van der Waals surface area contributed by atoms with E-state index in [-0.39, 0.29) is 47.9 Å². The van der Waals surface area contributed by atoms with Gasteiger partial charge in [-0.05, 0) is 6.07 Å². The molecule has 1 atom stereocenters. The van der Waals surface area contributed by atoms with Crippen LogP contribution in [0, 0.1) is 5.92 Å². The fourth-order valence-corrected chi connectivity index (χ4v) is 1.97. The predicted molar refractivity (Wildman–Crippen MR) is 80.3 cm³/mol. The summed E-state index contributed by atoms with van der Waals surface area (Å²) in [4.78, 5) is 11.6. The molecular weight excluding hydrogens is 358 g/mol. The lowest BCUT2D eigenvalue weighted by Gasteiger charge is -2.10. The van der Waals surface area contributed by atoms with Crippen molar-refractivity contribution >= 4 is 35.6 Å². The predicted octanol–water partition coefficient (Wildman–Crippen LogP) is 2.03. The number of fused-ring (bicyclic) bond motifs is 1. The maximum atomic E-state index is 12.8. The van der Waals surface area contributed by atoms with Gasteiger partial charge in [0.05, 0.1) is 17.1 Å². The van der Waals surface area contributed by atoms with Crippen LogP contribution in [0.3, 0.4) is 0 Å². The Balaban J connectivity index is 0.00000264. The van der Waals surface area contributed by atoms with E-state index in [0.717, 1.165) is 16.7 Å². The lowest BCUT2D eigenvalue weighted by atomic mass is 10.2. The topological polar surface area (TPSA) is 85.3 Å². The molecule has 0 bridgehead atoms. The number of nitrogens with one attached hydrogen (secondary N) is 1. The Hall–Kier alpha value is -1.58. The zero-order valence-electron chi connectivity index (χ0n) is 11.9. The van der Waals surface area contributed by atoms with Gasteiger partial charge >= 0.3 is 6.18 Å². The van der Waals surface area contributed by atoms with Gasteiger partial charge in [0.15, 0.2) is 11.5 Å². The van der Waals surface area contributed by atoms with Crippen LogP contribution >= 0.6 is 24.0 Å². The summed E-state index contributed by atoms with van der Waals surface area (Å²) in [5.41, 5.74) is 4.53. The minimum atomic E-state index is -4.54. The fourth-order valence-electron chi connectivity index (χ4n) is 1.72. The van der Waals surface area contributed by atoms with Crippen LogP contribution in [0.25, 0.3) is 5.65 Å². The number of amides is 1. The number of alkyl halides is 3. The number of rotatable bonds is 4. The Morgan fingerprint density at radius 2 is 2.13 bits per heavy atom. The number of nitrogens with zero attached hydrogens (tertiary/aromatic N) is 3. The van der Waals surface area contributed by atoms with E-state index in [2.05, 4.69) is 15.5 Å². The normalized spacial score (nSPS) is 12.8. The molecule has 2 heterocycles. The van der Waals surface area contributed by atoms with Gasteiger partial charge in [0, 0.05) is 18.7 Å². The Morgan fingerprint density at radius 1 is 1.48 bits per heavy atom. The van der Waals surface area contributed by atoms with E-state index in [0.29, 0.717) is 0 Å². The molecule has 128 valence electrons. The number of halogens is 5. The van der Waals surface area contributed by atoms with Gasteiger partial charge in [-0.3, -0.25) is 9.20 Å². The molecule has 1 unspecified atom stereocenters. The molecule has 0 radical (unpaired) electrons. The van der Waals surface area contributed by atoms with E-state index in [4.69, 9.17) is 17.3 Å². The Kier molecular flexibility index (Phi) is 6.20. The second-order valence-corrected chi connectivity index (χ2v) is 5.15. The van der Waals surface area contributed by atoms with Crippen molar-refractivity contribution in [2.24, 2.45) is 11.7 Å². The van der Waals surface area contributed by atoms with Gasteiger partial charge < -0.3 is 11.1 Å². The summed E-state index contributed by atoms with van der Waals surface area (Å²) in [6.45, 7) is 1.72. The minimum Gasteiger partial charge on any atom is -0.349 e. The molecule has 0 fully saturated rings. The zero-order valence-corrected chi connectivity index (χ0v) is 13.5. The summed E-state index contributed by atoms with van der Waals surface area (Å²) in [7, 11) is 0. The van der Waals surface area contributed by atoms with E-state index < -0.39 is 17.7 Å². The van der Waals surface area contributed by atoms with E-state index in [9.17, 15) is 18.0 Å². The molecule has 0 saturated carbocycles. The van der Waals surface area contributed by atoms with Gasteiger partial charge in [0.25, 0.3) is 0 Å². The molecule has 0 aliphatic carbocycles. The van der Waals surface area contributed by atoms with Gasteiger partial charge in [-0.2, -0.15) is 13.2 Å². The average molecular weight is 372 g/mol. The van der Waals surface area contributed by atoms with Crippen molar-refractivity contribution in [3.63, 3.8) is 0 Å². The van der Waals surface area contributed by atoms with Crippen molar-refractivity contribution in [2.75, 3.05) is 6.54 Å². The molecule has 3 N–H and O–H groups in total. The third-order valence-electron chi connectivity index (χ3n) is 3.08. The SMILES string of the molecule is CC(CN)C(=O)NCc1nnc2c(Cl)cc(C(F)(F)F)cn12.Cl. The van der Waals surface area contributed by atoms with Crippen LogP contribution < -0.4 is 11.1 Å². The first-order valence-electron chi connectivity index (χ1n) is 6.32. The number of hydrogen-bond donors (Lipinski definition) is 2. The van der Waals surface area contributed by atoms with Crippen molar-refractivity contribution in [3.8, 4) is 0 Å². The Morgan fingerprint density at radius 3 is 2.70 bits per heavy atom. The second kappa shape index (κ2) is 7.33. The van der Waals surface area contributed by atoms with Crippen molar-refractivity contribution in [2.45, 2.75) is 19.6 Å². The van der Waals surface area contributed by atoms with Crippen molar-refractivity contribution in [1.29, 1.82) is 0 Å². The van der Waals surface area contributed by atoms with Gasteiger partial charge in [0.1, 0.15) is 0 Å². The standard InChI is InChI=1S/C12H13ClF3N5O.ClH/c1-6(3-17)11(22)18-4-9-19-20-10-8(13)2-7(5-21(9)10)12(14,15)16;/h2,5-6H,3-4,17H2,1H3,(H,18,22);1H. The summed E-state index contributed by atoms with van der Waals surface area (Å²) in [5.74, 6) is -0.591. The van der Waals surface area contributed by atoms with E-state index in [1.165, 1.54) is 0 Å². The van der Waals surface area contributed by atoms with Gasteiger partial charge in [0.2, 0.25) is 5.91 Å². The molecule has 0 aliphatic heterocycles. The number of nitrogens with two attached hydrogens (primary N) is 1. The summed E-state index contributed by atoms with van der Waals surface area (Å²) < 4.78 is 39.5. The Labute approximate surface area is 140 Å². The number of hydrogen-bond acceptors (Lipinski definition) is 4. The van der Waals surface area contributed by atoms with Crippen molar-refractivity contribution in [3.05, 3.63) is 28.7 Å². The highest BCUT2D eigenvalue weighted by Gasteiger charge is 2.32. The lowest BCUT2D eigenvalue weighted by molar-refractivity contribution is -0.137. The van der Waals surface area contributed by atoms with Crippen LogP contribution in [0.15, 0.2) is 12.3 Å². The average Bonchev–Trinajstić information content (AvgIpc) is 2.86. The summed E-state index contributed by atoms with van der Waals surface area (Å²) in [5, 5.41) is 9.84. The van der Waals surface area contributed by atoms with Crippen LogP contribution in [0.2, 0.25) is 5.02 Å². The number of pyridine rings is 1. The molecule has 2 aromatic rings. The summed E-state index contributed by atoms with van der Waals surface area (Å²) in [6.07, 6.45) is -3.70. The van der Waals surface area contributed by atoms with E-state index >= 15 is 0 Å². The monoisotopic (exact) mass is 371 g/mol. The highest BCUT2D eigenvalue weighted by molar-refractivity contribution is 6.33. The van der Waals surface area contributed by atoms with Gasteiger partial charge in [-0.25, -0.2) is 0 Å². The first kappa shape index (κ1) is 19.5. The van der Waals surface area contributed by atoms with E-state index in [1.807, 2.05) is 0 Å². The van der Waals surface area contributed by atoms with Crippen molar-refractivity contribution in [1.82, 2.24) is 19.9 Å². The minimum absolute atomic E-state index is 0. The van der Waals surface area contributed by atoms with Crippen LogP contribution in [-0.2, 0) is 17.5 Å². The smallest absolute Gasteiger partial charge is 0.349 e. The lowest BCUT2D eigenvalue weighted by Crippen LogP contribution is -2.33. The highest BCUT2D eigenvalue weighted by Crippen LogP contribution is 2.32. The largest absolute Gasteiger partial charge is 0.417 e. The fraction of sp³-hybridized carbons (Fsp3) is 0.417. The van der Waals surface area contributed by atoms with Crippen molar-refractivity contribution < 1.29 is 18.0 Å². The summed E-state index contributed by atoms with van der Waals surface area (Å²) in [6, 6.07) is 0.782. The number of carbonyl (C=O) groups is 1. The molecule has 2 rings (SSSR count). The van der Waals surface area contributed by atoms with Crippen LogP contribution in [-0.4, -0.2) is 27.0 Å². The molecule has 23 heavy (non-hydrogen) atoms. The Bertz CT molecular complexity index is 704. The quantitative estimate of drug-likeness (QED) is 0.860. The van der Waals surface area contributed by atoms with E-state index in [1.54, 1.807) is 6.92 Å². The van der Waals surface area contributed by atoms with Gasteiger partial charge in [-0.15, -0.1) is 22.6 Å². The van der Waals surface area contributed by atoms with Crippen LogP contribution in [0.1, 0.15) is 18.3 Å². The molecule has 1 amide bonds. The molecule has 2 aromatic heterocycles. The molecule has 0 aliphatic rings.